The highest BCUT2D eigenvalue weighted by Gasteiger charge is 2.32. The van der Waals surface area contributed by atoms with Gasteiger partial charge in [-0.25, -0.2) is 9.98 Å². The zero-order valence-electron chi connectivity index (χ0n) is 16.5. The van der Waals surface area contributed by atoms with Crippen molar-refractivity contribution < 1.29 is 13.2 Å². The molecule has 0 spiro atoms. The lowest BCUT2D eigenvalue weighted by Gasteiger charge is -2.32. The van der Waals surface area contributed by atoms with Crippen molar-refractivity contribution in [1.29, 1.82) is 0 Å². The summed E-state index contributed by atoms with van der Waals surface area (Å²) in [7, 11) is 0. The van der Waals surface area contributed by atoms with E-state index >= 15 is 0 Å². The Labute approximate surface area is 186 Å². The zero-order valence-corrected chi connectivity index (χ0v) is 19.7. The molecule has 1 saturated heterocycles. The minimum absolute atomic E-state index is 0. The molecule has 28 heavy (non-hydrogen) atoms. The summed E-state index contributed by atoms with van der Waals surface area (Å²) in [6.45, 7) is 6.51. The SMILES string of the molecule is CCNC(=NCc1ncc(CC)s1)NCCC1CCN(CC(F)(F)F)CC1.I. The van der Waals surface area contributed by atoms with Crippen LogP contribution < -0.4 is 10.6 Å². The average Bonchev–Trinajstić information content (AvgIpc) is 3.08. The van der Waals surface area contributed by atoms with E-state index in [4.69, 9.17) is 0 Å². The van der Waals surface area contributed by atoms with Gasteiger partial charge in [-0.05, 0) is 51.6 Å². The molecule has 1 aromatic rings. The summed E-state index contributed by atoms with van der Waals surface area (Å²) in [5.74, 6) is 1.23. The maximum Gasteiger partial charge on any atom is 0.401 e. The summed E-state index contributed by atoms with van der Waals surface area (Å²) < 4.78 is 37.3. The van der Waals surface area contributed by atoms with Gasteiger partial charge in [0.2, 0.25) is 0 Å². The van der Waals surface area contributed by atoms with Crippen LogP contribution in [0.25, 0.3) is 0 Å². The van der Waals surface area contributed by atoms with E-state index in [1.165, 1.54) is 9.78 Å². The molecule has 1 aliphatic heterocycles. The largest absolute Gasteiger partial charge is 0.401 e. The molecular weight excluding hydrogens is 502 g/mol. The summed E-state index contributed by atoms with van der Waals surface area (Å²) in [5, 5.41) is 7.56. The van der Waals surface area contributed by atoms with E-state index in [2.05, 4.69) is 27.5 Å². The molecule has 5 nitrogen and oxygen atoms in total. The zero-order chi connectivity index (χ0) is 19.7. The second-order valence-electron chi connectivity index (χ2n) is 6.82. The molecular formula is C18H31F3IN5S. The van der Waals surface area contributed by atoms with Gasteiger partial charge in [0, 0.05) is 24.2 Å². The number of alkyl halides is 3. The Kier molecular flexibility index (Phi) is 11.7. The normalized spacial score (nSPS) is 16.7. The molecule has 0 radical (unpaired) electrons. The fourth-order valence-electron chi connectivity index (χ4n) is 3.15. The number of hydrogen-bond donors (Lipinski definition) is 2. The van der Waals surface area contributed by atoms with Gasteiger partial charge in [0.25, 0.3) is 0 Å². The van der Waals surface area contributed by atoms with Crippen molar-refractivity contribution in [3.05, 3.63) is 16.1 Å². The predicted octanol–water partition coefficient (Wildman–Crippen LogP) is 4.04. The Balaban J connectivity index is 0.00000392. The summed E-state index contributed by atoms with van der Waals surface area (Å²) in [5.41, 5.74) is 0. The van der Waals surface area contributed by atoms with Crippen LogP contribution in [-0.4, -0.2) is 54.7 Å². The molecule has 1 fully saturated rings. The highest BCUT2D eigenvalue weighted by atomic mass is 127. The molecule has 1 aromatic heterocycles. The van der Waals surface area contributed by atoms with Crippen molar-refractivity contribution in [2.24, 2.45) is 10.9 Å². The van der Waals surface area contributed by atoms with Crippen LogP contribution >= 0.6 is 35.3 Å². The molecule has 2 rings (SSSR count). The van der Waals surface area contributed by atoms with Crippen LogP contribution in [0.4, 0.5) is 13.2 Å². The van der Waals surface area contributed by atoms with Crippen molar-refractivity contribution >= 4 is 41.3 Å². The van der Waals surface area contributed by atoms with E-state index in [1.807, 2.05) is 13.1 Å². The van der Waals surface area contributed by atoms with Crippen LogP contribution in [0.2, 0.25) is 0 Å². The standard InChI is InChI=1S/C18H30F3N5S.HI/c1-3-15-11-24-16(27-15)12-25-17(22-4-2)23-8-5-14-6-9-26(10-7-14)13-18(19,20)21;/h11,14H,3-10,12-13H2,1-2H3,(H2,22,23,25);1H. The maximum absolute atomic E-state index is 12.4. The summed E-state index contributed by atoms with van der Waals surface area (Å²) in [6.07, 6.45) is 1.39. The summed E-state index contributed by atoms with van der Waals surface area (Å²) in [6, 6.07) is 0. The number of aryl methyl sites for hydroxylation is 1. The van der Waals surface area contributed by atoms with E-state index < -0.39 is 12.7 Å². The first kappa shape index (κ1) is 25.4. The van der Waals surface area contributed by atoms with E-state index in [1.54, 1.807) is 11.3 Å². The van der Waals surface area contributed by atoms with Gasteiger partial charge in [-0.1, -0.05) is 6.92 Å². The van der Waals surface area contributed by atoms with E-state index in [-0.39, 0.29) is 24.0 Å². The van der Waals surface area contributed by atoms with Gasteiger partial charge in [-0.15, -0.1) is 35.3 Å². The number of halogens is 4. The molecule has 0 amide bonds. The Bertz CT molecular complexity index is 586. The number of nitrogens with one attached hydrogen (secondary N) is 2. The average molecular weight is 533 g/mol. The van der Waals surface area contributed by atoms with E-state index in [9.17, 15) is 13.2 Å². The lowest BCUT2D eigenvalue weighted by molar-refractivity contribution is -0.148. The predicted molar refractivity (Wildman–Crippen MR) is 120 cm³/mol. The van der Waals surface area contributed by atoms with Crippen LogP contribution in [0.1, 0.15) is 43.0 Å². The molecule has 1 aliphatic rings. The highest BCUT2D eigenvalue weighted by molar-refractivity contribution is 14.0. The minimum Gasteiger partial charge on any atom is -0.357 e. The summed E-state index contributed by atoms with van der Waals surface area (Å²) in [4.78, 5) is 11.7. The number of rotatable bonds is 8. The van der Waals surface area contributed by atoms with Gasteiger partial charge in [0.05, 0.1) is 13.1 Å². The Morgan fingerprint density at radius 1 is 1.29 bits per heavy atom. The minimum atomic E-state index is -4.10. The van der Waals surface area contributed by atoms with Gasteiger partial charge >= 0.3 is 6.18 Å². The second-order valence-corrected chi connectivity index (χ2v) is 8.02. The first-order valence-electron chi connectivity index (χ1n) is 9.64. The maximum atomic E-state index is 12.4. The molecule has 0 unspecified atom stereocenters. The number of likely N-dealkylation sites (tertiary alicyclic amines) is 1. The Morgan fingerprint density at radius 2 is 2.00 bits per heavy atom. The van der Waals surface area contributed by atoms with E-state index in [0.29, 0.717) is 25.6 Å². The molecule has 0 bridgehead atoms. The first-order valence-corrected chi connectivity index (χ1v) is 10.5. The third kappa shape index (κ3) is 9.73. The van der Waals surface area contributed by atoms with Crippen LogP contribution in [0.3, 0.4) is 0 Å². The van der Waals surface area contributed by atoms with Gasteiger partial charge < -0.3 is 10.6 Å². The lowest BCUT2D eigenvalue weighted by Crippen LogP contribution is -2.41. The number of guanidine groups is 1. The summed E-state index contributed by atoms with van der Waals surface area (Å²) >= 11 is 1.69. The quantitative estimate of drug-likeness (QED) is 0.301. The number of aromatic nitrogens is 1. The smallest absolute Gasteiger partial charge is 0.357 e. The number of nitrogens with zero attached hydrogens (tertiary/aromatic N) is 3. The topological polar surface area (TPSA) is 52.6 Å². The number of hydrogen-bond acceptors (Lipinski definition) is 4. The Hall–Kier alpha value is -0.620. The van der Waals surface area contributed by atoms with Crippen LogP contribution in [0.15, 0.2) is 11.2 Å². The van der Waals surface area contributed by atoms with E-state index in [0.717, 1.165) is 49.7 Å². The van der Waals surface area contributed by atoms with Crippen molar-refractivity contribution in [2.45, 2.75) is 52.3 Å². The second kappa shape index (κ2) is 12.8. The van der Waals surface area contributed by atoms with Crippen LogP contribution in [-0.2, 0) is 13.0 Å². The van der Waals surface area contributed by atoms with Crippen molar-refractivity contribution in [2.75, 3.05) is 32.7 Å². The third-order valence-electron chi connectivity index (χ3n) is 4.62. The molecule has 0 saturated carbocycles. The molecule has 0 atom stereocenters. The number of aliphatic imine (C=N–C) groups is 1. The highest BCUT2D eigenvalue weighted by Crippen LogP contribution is 2.24. The van der Waals surface area contributed by atoms with Crippen molar-refractivity contribution in [3.8, 4) is 0 Å². The van der Waals surface area contributed by atoms with Crippen molar-refractivity contribution in [1.82, 2.24) is 20.5 Å². The molecule has 0 aliphatic carbocycles. The molecule has 2 N–H and O–H groups in total. The first-order chi connectivity index (χ1) is 12.9. The fourth-order valence-corrected chi connectivity index (χ4v) is 3.94. The van der Waals surface area contributed by atoms with Gasteiger partial charge in [-0.2, -0.15) is 13.2 Å². The molecule has 10 heteroatoms. The monoisotopic (exact) mass is 533 g/mol. The Morgan fingerprint density at radius 3 is 2.57 bits per heavy atom. The number of thiazole rings is 1. The van der Waals surface area contributed by atoms with Gasteiger partial charge in [-0.3, -0.25) is 4.90 Å². The van der Waals surface area contributed by atoms with Crippen LogP contribution in [0, 0.1) is 5.92 Å². The molecule has 2 heterocycles. The van der Waals surface area contributed by atoms with Gasteiger partial charge in [0.1, 0.15) is 5.01 Å². The van der Waals surface area contributed by atoms with Crippen molar-refractivity contribution in [3.63, 3.8) is 0 Å². The molecule has 162 valence electrons. The fraction of sp³-hybridized carbons (Fsp3) is 0.778. The lowest BCUT2D eigenvalue weighted by atomic mass is 9.93. The van der Waals surface area contributed by atoms with Crippen LogP contribution in [0.5, 0.6) is 0 Å². The molecule has 0 aromatic carbocycles. The number of piperidine rings is 1. The van der Waals surface area contributed by atoms with Gasteiger partial charge in [0.15, 0.2) is 5.96 Å². The third-order valence-corrected chi connectivity index (χ3v) is 5.75.